The fourth-order valence-corrected chi connectivity index (χ4v) is 2.11. The molecule has 2 N–H and O–H groups in total. The molecule has 0 radical (unpaired) electrons. The zero-order valence-corrected chi connectivity index (χ0v) is 16.0. The molecule has 0 saturated heterocycles. The third kappa shape index (κ3) is 6.29. The van der Waals surface area contributed by atoms with Gasteiger partial charge in [-0.15, -0.1) is 0 Å². The van der Waals surface area contributed by atoms with Crippen molar-refractivity contribution in [3.63, 3.8) is 0 Å². The van der Waals surface area contributed by atoms with Crippen molar-refractivity contribution in [2.24, 2.45) is 10.2 Å². The lowest BCUT2D eigenvalue weighted by Crippen LogP contribution is -2.28. The molecule has 2 aromatic carbocycles. The summed E-state index contributed by atoms with van der Waals surface area (Å²) in [6, 6.07) is 13.5. The van der Waals surface area contributed by atoms with E-state index in [1.165, 1.54) is 14.2 Å². The lowest BCUT2D eigenvalue weighted by Gasteiger charge is -2.02. The van der Waals surface area contributed by atoms with E-state index < -0.39 is 11.9 Å². The van der Waals surface area contributed by atoms with Gasteiger partial charge in [0.1, 0.15) is 0 Å². The average Bonchev–Trinajstić information content (AvgIpc) is 2.73. The van der Waals surface area contributed by atoms with Crippen LogP contribution in [0.1, 0.15) is 31.8 Å². The van der Waals surface area contributed by atoms with Gasteiger partial charge in [0.15, 0.2) is 0 Å². The van der Waals surface area contributed by atoms with Gasteiger partial charge in [0, 0.05) is 0 Å². The van der Waals surface area contributed by atoms with Gasteiger partial charge in [-0.3, -0.25) is 10.9 Å². The molecule has 2 aromatic rings. The molecule has 0 amide bonds. The molecule has 0 unspecified atom stereocenters. The molecule has 0 aliphatic heterocycles. The van der Waals surface area contributed by atoms with Crippen molar-refractivity contribution in [3.8, 4) is 0 Å². The largest absolute Gasteiger partial charge is 0.465 e. The van der Waals surface area contributed by atoms with Gasteiger partial charge in [0.05, 0.1) is 37.8 Å². The Morgan fingerprint density at radius 1 is 0.786 bits per heavy atom. The average molecular weight is 398 g/mol. The van der Waals surface area contributed by atoms with Gasteiger partial charge >= 0.3 is 11.9 Å². The Balaban J connectivity index is 1.80. The molecule has 0 saturated carbocycles. The van der Waals surface area contributed by atoms with Gasteiger partial charge in [-0.05, 0) is 47.6 Å². The summed E-state index contributed by atoms with van der Waals surface area (Å²) in [7, 11) is 2.66. The SMILES string of the molecule is COC(=O)c1ccc(/C=N/NC(=S)N/N=C/c2ccc(C(=O)OC)cc2)cc1. The summed E-state index contributed by atoms with van der Waals surface area (Å²) in [5.41, 5.74) is 7.71. The van der Waals surface area contributed by atoms with E-state index in [0.717, 1.165) is 11.1 Å². The van der Waals surface area contributed by atoms with Crippen LogP contribution in [0.4, 0.5) is 0 Å². The van der Waals surface area contributed by atoms with Crippen molar-refractivity contribution in [2.75, 3.05) is 14.2 Å². The maximum absolute atomic E-state index is 11.4. The van der Waals surface area contributed by atoms with Crippen LogP contribution in [0.25, 0.3) is 0 Å². The number of ether oxygens (including phenoxy) is 2. The summed E-state index contributed by atoms with van der Waals surface area (Å²) >= 11 is 5.05. The van der Waals surface area contributed by atoms with E-state index in [4.69, 9.17) is 12.2 Å². The van der Waals surface area contributed by atoms with Crippen LogP contribution in [0.15, 0.2) is 58.7 Å². The third-order valence-corrected chi connectivity index (χ3v) is 3.61. The van der Waals surface area contributed by atoms with Crippen molar-refractivity contribution in [3.05, 3.63) is 70.8 Å². The Kier molecular flexibility index (Phi) is 7.79. The lowest BCUT2D eigenvalue weighted by molar-refractivity contribution is 0.0592. The number of carbonyl (C=O) groups excluding carboxylic acids is 2. The minimum atomic E-state index is -0.398. The first kappa shape index (κ1) is 20.7. The summed E-state index contributed by atoms with van der Waals surface area (Å²) in [6.07, 6.45) is 3.09. The molecule has 2 rings (SSSR count). The van der Waals surface area contributed by atoms with E-state index in [2.05, 4.69) is 30.5 Å². The van der Waals surface area contributed by atoms with Gasteiger partial charge in [0.2, 0.25) is 5.11 Å². The maximum atomic E-state index is 11.4. The highest BCUT2D eigenvalue weighted by Crippen LogP contribution is 2.04. The van der Waals surface area contributed by atoms with Gasteiger partial charge in [-0.2, -0.15) is 10.2 Å². The maximum Gasteiger partial charge on any atom is 0.337 e. The van der Waals surface area contributed by atoms with Crippen LogP contribution >= 0.6 is 12.2 Å². The van der Waals surface area contributed by atoms with E-state index in [1.54, 1.807) is 61.0 Å². The van der Waals surface area contributed by atoms with Gasteiger partial charge in [-0.1, -0.05) is 24.3 Å². The normalized spacial score (nSPS) is 10.6. The molecule has 8 nitrogen and oxygen atoms in total. The number of benzene rings is 2. The van der Waals surface area contributed by atoms with Crippen LogP contribution in [0.5, 0.6) is 0 Å². The van der Waals surface area contributed by atoms with Crippen molar-refractivity contribution >= 4 is 41.7 Å². The number of rotatable bonds is 6. The molecule has 0 spiro atoms. The van der Waals surface area contributed by atoms with Crippen LogP contribution < -0.4 is 10.9 Å². The quantitative estimate of drug-likeness (QED) is 0.332. The molecular weight excluding hydrogens is 380 g/mol. The number of nitrogens with one attached hydrogen (secondary N) is 2. The van der Waals surface area contributed by atoms with Gasteiger partial charge in [0.25, 0.3) is 0 Å². The van der Waals surface area contributed by atoms with Crippen LogP contribution in [0.2, 0.25) is 0 Å². The standard InChI is InChI=1S/C19H18N4O4S/c1-26-17(24)15-7-3-13(4-8-15)11-20-22-19(28)23-21-12-14-5-9-16(10-6-14)18(25)27-2/h3-12H,1-2H3,(H2,22,23,28)/b20-11+,21-12+. The molecule has 0 aromatic heterocycles. The number of hydrogen-bond donors (Lipinski definition) is 2. The minimum Gasteiger partial charge on any atom is -0.465 e. The molecule has 0 heterocycles. The predicted molar refractivity (Wildman–Crippen MR) is 110 cm³/mol. The minimum absolute atomic E-state index is 0.199. The summed E-state index contributed by atoms with van der Waals surface area (Å²) < 4.78 is 9.27. The van der Waals surface area contributed by atoms with Crippen molar-refractivity contribution in [2.45, 2.75) is 0 Å². The highest BCUT2D eigenvalue weighted by Gasteiger charge is 2.04. The van der Waals surface area contributed by atoms with E-state index in [-0.39, 0.29) is 5.11 Å². The molecule has 0 atom stereocenters. The molecule has 144 valence electrons. The monoisotopic (exact) mass is 398 g/mol. The molecule has 0 aliphatic rings. The summed E-state index contributed by atoms with van der Waals surface area (Å²) in [5.74, 6) is -0.797. The van der Waals surface area contributed by atoms with Crippen molar-refractivity contribution in [1.29, 1.82) is 0 Å². The van der Waals surface area contributed by atoms with E-state index in [1.807, 2.05) is 0 Å². The Morgan fingerprint density at radius 3 is 1.46 bits per heavy atom. The number of esters is 2. The fraction of sp³-hybridized carbons (Fsp3) is 0.105. The van der Waals surface area contributed by atoms with Crippen LogP contribution in [-0.2, 0) is 9.47 Å². The number of thiocarbonyl (C=S) groups is 1. The summed E-state index contributed by atoms with van der Waals surface area (Å²) in [5, 5.41) is 8.16. The number of nitrogens with zero attached hydrogens (tertiary/aromatic N) is 2. The molecule has 0 bridgehead atoms. The van der Waals surface area contributed by atoms with Crippen molar-refractivity contribution < 1.29 is 19.1 Å². The zero-order valence-electron chi connectivity index (χ0n) is 15.2. The summed E-state index contributed by atoms with van der Waals surface area (Å²) in [6.45, 7) is 0. The first-order valence-corrected chi connectivity index (χ1v) is 8.43. The highest BCUT2D eigenvalue weighted by molar-refractivity contribution is 7.80. The molecule has 28 heavy (non-hydrogen) atoms. The Hall–Kier alpha value is -3.59. The molecule has 9 heteroatoms. The fourth-order valence-electron chi connectivity index (χ4n) is 2.00. The Labute approximate surface area is 167 Å². The number of methoxy groups -OCH3 is 2. The highest BCUT2D eigenvalue weighted by atomic mass is 32.1. The molecular formula is C19H18N4O4S. The van der Waals surface area contributed by atoms with E-state index >= 15 is 0 Å². The van der Waals surface area contributed by atoms with Crippen LogP contribution in [0.3, 0.4) is 0 Å². The van der Waals surface area contributed by atoms with Crippen molar-refractivity contribution in [1.82, 2.24) is 10.9 Å². The van der Waals surface area contributed by atoms with Gasteiger partial charge < -0.3 is 9.47 Å². The smallest absolute Gasteiger partial charge is 0.337 e. The lowest BCUT2D eigenvalue weighted by atomic mass is 10.1. The first-order chi connectivity index (χ1) is 13.5. The predicted octanol–water partition coefficient (Wildman–Crippen LogP) is 2.09. The molecule has 0 aliphatic carbocycles. The van der Waals surface area contributed by atoms with Gasteiger partial charge in [-0.25, -0.2) is 9.59 Å². The second kappa shape index (κ2) is 10.5. The summed E-state index contributed by atoms with van der Waals surface area (Å²) in [4.78, 5) is 22.7. The number of hydrazone groups is 2. The Morgan fingerprint density at radius 2 is 1.14 bits per heavy atom. The zero-order chi connectivity index (χ0) is 20.4. The number of hydrogen-bond acceptors (Lipinski definition) is 7. The number of carbonyl (C=O) groups is 2. The Bertz CT molecular complexity index is 820. The second-order valence-corrected chi connectivity index (χ2v) is 5.70. The van der Waals surface area contributed by atoms with Crippen LogP contribution in [-0.4, -0.2) is 43.7 Å². The van der Waals surface area contributed by atoms with Crippen LogP contribution in [0, 0.1) is 0 Å². The van der Waals surface area contributed by atoms with E-state index in [0.29, 0.717) is 11.1 Å². The first-order valence-electron chi connectivity index (χ1n) is 8.02. The van der Waals surface area contributed by atoms with E-state index in [9.17, 15) is 9.59 Å². The topological polar surface area (TPSA) is 101 Å². The second-order valence-electron chi connectivity index (χ2n) is 5.30. The molecule has 0 fully saturated rings. The third-order valence-electron chi connectivity index (χ3n) is 3.42.